The van der Waals surface area contributed by atoms with Gasteiger partial charge in [0.2, 0.25) is 0 Å². The number of aliphatic hydroxyl groups excluding tert-OH is 1. The fourth-order valence-corrected chi connectivity index (χ4v) is 5.94. The molecule has 0 unspecified atom stereocenters. The van der Waals surface area contributed by atoms with E-state index in [9.17, 15) is 18.3 Å². The number of aliphatic hydroxyl groups is 1. The van der Waals surface area contributed by atoms with Crippen molar-refractivity contribution in [1.29, 1.82) is 0 Å². The van der Waals surface area contributed by atoms with Gasteiger partial charge >= 0.3 is 5.97 Å². The second-order valence-corrected chi connectivity index (χ2v) is 8.83. The lowest BCUT2D eigenvalue weighted by atomic mass is 10.2. The Morgan fingerprint density at radius 1 is 1.58 bits per heavy atom. The first-order valence-corrected chi connectivity index (χ1v) is 8.47. The Morgan fingerprint density at radius 3 is 2.68 bits per heavy atom. The van der Waals surface area contributed by atoms with Gasteiger partial charge in [-0.15, -0.1) is 11.3 Å². The number of carbonyl (C=O) groups is 1. The molecule has 19 heavy (non-hydrogen) atoms. The molecule has 1 aromatic heterocycles. The minimum absolute atomic E-state index is 0.0808. The molecule has 6 nitrogen and oxygen atoms in total. The predicted octanol–water partition coefficient (Wildman–Crippen LogP) is 1.03. The summed E-state index contributed by atoms with van der Waals surface area (Å²) in [6.07, 6.45) is -1.03. The molecule has 1 saturated heterocycles. The quantitative estimate of drug-likeness (QED) is 0.829. The number of sulfonamides is 1. The van der Waals surface area contributed by atoms with Crippen LogP contribution in [0.4, 0.5) is 0 Å². The lowest BCUT2D eigenvalue weighted by Crippen LogP contribution is -2.40. The largest absolute Gasteiger partial charge is 0.480 e. The molecular weight excluding hydrogens is 358 g/mol. The highest BCUT2D eigenvalue weighted by Crippen LogP contribution is 2.35. The van der Waals surface area contributed by atoms with E-state index in [0.29, 0.717) is 3.79 Å². The molecule has 2 N–H and O–H groups in total. The fraction of sp³-hybridized carbons (Fsp3) is 0.500. The Hall–Kier alpha value is -0.480. The predicted molar refractivity (Wildman–Crippen MR) is 72.7 cm³/mol. The Balaban J connectivity index is 2.41. The zero-order valence-electron chi connectivity index (χ0n) is 9.91. The molecule has 0 aliphatic carbocycles. The molecule has 1 aliphatic heterocycles. The second kappa shape index (κ2) is 5.13. The Labute approximate surface area is 122 Å². The molecule has 0 amide bonds. The number of rotatable bonds is 3. The third-order valence-electron chi connectivity index (χ3n) is 2.92. The number of hydrogen-bond donors (Lipinski definition) is 2. The van der Waals surface area contributed by atoms with Gasteiger partial charge in [0.15, 0.2) is 0 Å². The number of aliphatic carboxylic acids is 1. The van der Waals surface area contributed by atoms with E-state index in [1.165, 1.54) is 6.07 Å². The van der Waals surface area contributed by atoms with E-state index >= 15 is 0 Å². The molecule has 1 aliphatic rings. The number of β-amino-alcohol motifs (C(OH)–C–C–N with tert-alkyl or cyclic N) is 1. The maximum Gasteiger partial charge on any atom is 0.322 e. The Morgan fingerprint density at radius 2 is 2.21 bits per heavy atom. The molecule has 0 saturated carbocycles. The lowest BCUT2D eigenvalue weighted by Gasteiger charge is -2.19. The zero-order valence-corrected chi connectivity index (χ0v) is 13.1. The zero-order chi connectivity index (χ0) is 14.4. The van der Waals surface area contributed by atoms with Crippen LogP contribution in [0, 0.1) is 6.92 Å². The van der Waals surface area contributed by atoms with Crippen LogP contribution in [-0.4, -0.2) is 47.6 Å². The van der Waals surface area contributed by atoms with Crippen LogP contribution in [0.2, 0.25) is 0 Å². The van der Waals surface area contributed by atoms with Crippen LogP contribution in [0.5, 0.6) is 0 Å². The monoisotopic (exact) mass is 369 g/mol. The van der Waals surface area contributed by atoms with Gasteiger partial charge in [-0.2, -0.15) is 4.31 Å². The average Bonchev–Trinajstić information content (AvgIpc) is 2.84. The van der Waals surface area contributed by atoms with Crippen molar-refractivity contribution in [2.75, 3.05) is 6.54 Å². The number of halogens is 1. The van der Waals surface area contributed by atoms with Crippen molar-refractivity contribution in [2.45, 2.75) is 29.7 Å². The highest BCUT2D eigenvalue weighted by Gasteiger charge is 2.44. The van der Waals surface area contributed by atoms with Gasteiger partial charge in [-0.05, 0) is 34.5 Å². The number of aryl methyl sites for hydroxylation is 1. The summed E-state index contributed by atoms with van der Waals surface area (Å²) in [5.41, 5.74) is 0.773. The van der Waals surface area contributed by atoms with Gasteiger partial charge in [-0.3, -0.25) is 4.79 Å². The summed E-state index contributed by atoms with van der Waals surface area (Å²) in [7, 11) is -3.89. The summed E-state index contributed by atoms with van der Waals surface area (Å²) >= 11 is 4.28. The van der Waals surface area contributed by atoms with Gasteiger partial charge < -0.3 is 10.2 Å². The average molecular weight is 370 g/mol. The van der Waals surface area contributed by atoms with Crippen molar-refractivity contribution in [3.05, 3.63) is 15.4 Å². The summed E-state index contributed by atoms with van der Waals surface area (Å²) in [6.45, 7) is 1.57. The van der Waals surface area contributed by atoms with Gasteiger partial charge in [0.1, 0.15) is 10.3 Å². The van der Waals surface area contributed by atoms with Crippen LogP contribution in [0.1, 0.15) is 12.0 Å². The summed E-state index contributed by atoms with van der Waals surface area (Å²) in [5.74, 6) is -1.24. The van der Waals surface area contributed by atoms with E-state index in [1.807, 2.05) is 0 Å². The van der Waals surface area contributed by atoms with Crippen molar-refractivity contribution < 1.29 is 23.4 Å². The summed E-state index contributed by atoms with van der Waals surface area (Å²) in [4.78, 5) is 11.1. The Bertz CT molecular complexity index is 592. The van der Waals surface area contributed by atoms with Crippen LogP contribution in [0.15, 0.2) is 14.1 Å². The summed E-state index contributed by atoms with van der Waals surface area (Å²) in [6, 6.07) is 0.287. The number of hydrogen-bond acceptors (Lipinski definition) is 5. The van der Waals surface area contributed by atoms with Crippen molar-refractivity contribution in [2.24, 2.45) is 0 Å². The lowest BCUT2D eigenvalue weighted by molar-refractivity contribution is -0.140. The molecule has 2 heterocycles. The van der Waals surface area contributed by atoms with Crippen molar-refractivity contribution in [1.82, 2.24) is 4.31 Å². The maximum atomic E-state index is 12.4. The van der Waals surface area contributed by atoms with Crippen LogP contribution in [-0.2, 0) is 14.8 Å². The molecule has 0 spiro atoms. The van der Waals surface area contributed by atoms with E-state index in [0.717, 1.165) is 21.2 Å². The molecule has 1 aromatic rings. The first-order valence-electron chi connectivity index (χ1n) is 5.42. The molecule has 2 rings (SSSR count). The normalized spacial score (nSPS) is 24.8. The van der Waals surface area contributed by atoms with Gasteiger partial charge in [0.05, 0.1) is 9.89 Å². The number of nitrogens with zero attached hydrogens (tertiary/aromatic N) is 1. The van der Waals surface area contributed by atoms with E-state index in [1.54, 1.807) is 6.92 Å². The maximum absolute atomic E-state index is 12.4. The molecule has 9 heteroatoms. The van der Waals surface area contributed by atoms with E-state index in [2.05, 4.69) is 15.9 Å². The third-order valence-corrected chi connectivity index (χ3v) is 7.38. The number of thiophene rings is 1. The van der Waals surface area contributed by atoms with Gasteiger partial charge in [-0.1, -0.05) is 0 Å². The molecular formula is C10H12BrNO5S2. The first kappa shape index (κ1) is 14.9. The molecule has 0 aromatic carbocycles. The summed E-state index contributed by atoms with van der Waals surface area (Å²) < 4.78 is 26.4. The molecule has 2 atom stereocenters. The van der Waals surface area contributed by atoms with Gasteiger partial charge in [-0.25, -0.2) is 8.42 Å². The minimum atomic E-state index is -3.89. The highest BCUT2D eigenvalue weighted by atomic mass is 79.9. The smallest absolute Gasteiger partial charge is 0.322 e. The summed E-state index contributed by atoms with van der Waals surface area (Å²) in [5, 5.41) is 18.6. The van der Waals surface area contributed by atoms with E-state index in [4.69, 9.17) is 5.11 Å². The van der Waals surface area contributed by atoms with Crippen molar-refractivity contribution in [3.8, 4) is 0 Å². The third kappa shape index (κ3) is 2.70. The highest BCUT2D eigenvalue weighted by molar-refractivity contribution is 9.11. The first-order chi connectivity index (χ1) is 8.73. The van der Waals surface area contributed by atoms with Crippen molar-refractivity contribution in [3.63, 3.8) is 0 Å². The molecule has 0 bridgehead atoms. The van der Waals surface area contributed by atoms with Gasteiger partial charge in [0.25, 0.3) is 10.0 Å². The standard InChI is InChI=1S/C10H12BrNO5S2/c1-5-2-8(18-9(5)11)19(16,17)12-4-6(13)3-7(12)10(14)15/h2,6-7,13H,3-4H2,1H3,(H,14,15)/t6-,7-/m0/s1. The molecule has 106 valence electrons. The van der Waals surface area contributed by atoms with Crippen LogP contribution in [0.3, 0.4) is 0 Å². The molecule has 1 fully saturated rings. The van der Waals surface area contributed by atoms with Gasteiger partial charge in [0, 0.05) is 13.0 Å². The number of carboxylic acids is 1. The van der Waals surface area contributed by atoms with Crippen LogP contribution < -0.4 is 0 Å². The van der Waals surface area contributed by atoms with E-state index in [-0.39, 0.29) is 17.2 Å². The minimum Gasteiger partial charge on any atom is -0.480 e. The second-order valence-electron chi connectivity index (χ2n) is 4.34. The van der Waals surface area contributed by atoms with E-state index < -0.39 is 28.1 Å². The number of carboxylic acid groups (broad SMARTS) is 1. The fourth-order valence-electron chi connectivity index (χ4n) is 1.95. The topological polar surface area (TPSA) is 94.9 Å². The molecule has 0 radical (unpaired) electrons. The van der Waals surface area contributed by atoms with Crippen LogP contribution in [0.25, 0.3) is 0 Å². The Kier molecular flexibility index (Phi) is 4.03. The SMILES string of the molecule is Cc1cc(S(=O)(=O)N2C[C@@H](O)C[C@H]2C(=O)O)sc1Br. The van der Waals surface area contributed by atoms with Crippen LogP contribution >= 0.6 is 27.3 Å². The van der Waals surface area contributed by atoms with Crippen molar-refractivity contribution >= 4 is 43.3 Å².